The summed E-state index contributed by atoms with van der Waals surface area (Å²) in [7, 11) is 0. The van der Waals surface area contributed by atoms with E-state index in [1.54, 1.807) is 29.5 Å². The molecule has 10 heavy (non-hydrogen) atoms. The van der Waals surface area contributed by atoms with Crippen molar-refractivity contribution in [1.82, 2.24) is 15.0 Å². The zero-order valence-electron chi connectivity index (χ0n) is 5.05. The van der Waals surface area contributed by atoms with Gasteiger partial charge in [-0.3, -0.25) is 4.57 Å². The van der Waals surface area contributed by atoms with Gasteiger partial charge in [0.15, 0.2) is 5.82 Å². The Balaban J connectivity index is 2.36. The first-order chi connectivity index (χ1) is 4.97. The number of aromatic nitrogens is 2. The second-order valence-corrected chi connectivity index (χ2v) is 1.76. The first-order valence-electron chi connectivity index (χ1n) is 2.76. The fourth-order valence-corrected chi connectivity index (χ4v) is 0.688. The van der Waals surface area contributed by atoms with Crippen molar-refractivity contribution in [2.24, 2.45) is 10.3 Å². The van der Waals surface area contributed by atoms with Gasteiger partial charge < -0.3 is 0 Å². The van der Waals surface area contributed by atoms with Gasteiger partial charge in [0.1, 0.15) is 6.33 Å². The van der Waals surface area contributed by atoms with Gasteiger partial charge in [-0.1, -0.05) is 0 Å². The van der Waals surface area contributed by atoms with Gasteiger partial charge in [-0.25, -0.2) is 4.98 Å². The molecule has 0 saturated heterocycles. The molecule has 2 rings (SSSR count). The summed E-state index contributed by atoms with van der Waals surface area (Å²) in [4.78, 5) is 3.85. The zero-order chi connectivity index (χ0) is 6.81. The van der Waals surface area contributed by atoms with Crippen LogP contribution in [0.4, 0.5) is 0 Å². The maximum atomic E-state index is 3.85. The third-order valence-corrected chi connectivity index (χ3v) is 1.14. The van der Waals surface area contributed by atoms with E-state index in [-0.39, 0.29) is 0 Å². The minimum Gasteiger partial charge on any atom is -0.288 e. The zero-order valence-corrected chi connectivity index (χ0v) is 5.05. The van der Waals surface area contributed by atoms with Crippen LogP contribution < -0.4 is 5.43 Å². The lowest BCUT2D eigenvalue weighted by Crippen LogP contribution is -1.87. The predicted molar refractivity (Wildman–Crippen MR) is 33.5 cm³/mol. The van der Waals surface area contributed by atoms with Crippen LogP contribution in [-0.4, -0.2) is 9.55 Å². The minimum atomic E-state index is 0.692. The summed E-state index contributed by atoms with van der Waals surface area (Å²) in [6, 6.07) is 0. The molecule has 2 heterocycles. The molecule has 0 atom stereocenters. The molecular formula is C5H4N5. The average Bonchev–Trinajstić information content (AvgIpc) is 2.59. The van der Waals surface area contributed by atoms with Crippen LogP contribution in [0.25, 0.3) is 5.82 Å². The highest BCUT2D eigenvalue weighted by molar-refractivity contribution is 5.42. The van der Waals surface area contributed by atoms with E-state index in [1.807, 2.05) is 0 Å². The van der Waals surface area contributed by atoms with Gasteiger partial charge in [-0.2, -0.15) is 0 Å². The molecule has 1 aromatic heterocycles. The summed E-state index contributed by atoms with van der Waals surface area (Å²) in [5, 5.41) is 7.15. The topological polar surface area (TPSA) is 56.6 Å². The summed E-state index contributed by atoms with van der Waals surface area (Å²) in [6.45, 7) is 0. The first kappa shape index (κ1) is 5.16. The van der Waals surface area contributed by atoms with E-state index in [1.165, 1.54) is 0 Å². The summed E-state index contributed by atoms with van der Waals surface area (Å²) in [5.74, 6) is 0.692. The van der Waals surface area contributed by atoms with Gasteiger partial charge in [0, 0.05) is 12.4 Å². The molecule has 0 saturated carbocycles. The van der Waals surface area contributed by atoms with Crippen LogP contribution >= 0.6 is 0 Å². The highest BCUT2D eigenvalue weighted by atomic mass is 15.5. The normalized spacial score (nSPS) is 15.0. The van der Waals surface area contributed by atoms with Crippen LogP contribution in [0.3, 0.4) is 0 Å². The Hall–Kier alpha value is -1.65. The van der Waals surface area contributed by atoms with E-state index < -0.39 is 0 Å². The molecule has 49 valence electrons. The van der Waals surface area contributed by atoms with Gasteiger partial charge in [-0.05, 0) is 5.22 Å². The van der Waals surface area contributed by atoms with E-state index in [9.17, 15) is 0 Å². The smallest absolute Gasteiger partial charge is 0.182 e. The molecule has 1 aliphatic rings. The average molecular weight is 134 g/mol. The van der Waals surface area contributed by atoms with E-state index in [4.69, 9.17) is 0 Å². The molecule has 0 spiro atoms. The Morgan fingerprint density at radius 2 is 2.40 bits per heavy atom. The summed E-state index contributed by atoms with van der Waals surface area (Å²) in [6.07, 6.45) is 6.67. The van der Waals surface area contributed by atoms with Gasteiger partial charge >= 0.3 is 0 Å². The van der Waals surface area contributed by atoms with E-state index in [0.717, 1.165) is 0 Å². The van der Waals surface area contributed by atoms with E-state index >= 15 is 0 Å². The molecule has 0 aliphatic carbocycles. The van der Waals surface area contributed by atoms with Gasteiger partial charge in [0.2, 0.25) is 0 Å². The maximum Gasteiger partial charge on any atom is 0.182 e. The van der Waals surface area contributed by atoms with Gasteiger partial charge in [0.25, 0.3) is 0 Å². The largest absolute Gasteiger partial charge is 0.288 e. The molecule has 0 amide bonds. The molecule has 1 aliphatic heterocycles. The Morgan fingerprint density at radius 3 is 3.00 bits per heavy atom. The van der Waals surface area contributed by atoms with Crippen LogP contribution in [0.2, 0.25) is 0 Å². The molecule has 0 fully saturated rings. The lowest BCUT2D eigenvalue weighted by Gasteiger charge is -1.91. The Labute approximate surface area is 57.1 Å². The Morgan fingerprint density at radius 1 is 1.40 bits per heavy atom. The van der Waals surface area contributed by atoms with Crippen LogP contribution in [0.5, 0.6) is 0 Å². The summed E-state index contributed by atoms with van der Waals surface area (Å²) < 4.78 is 1.74. The molecular weight excluding hydrogens is 130 g/mol. The highest BCUT2D eigenvalue weighted by Gasteiger charge is 2.01. The number of hydrogen-bond donors (Lipinski definition) is 0. The van der Waals surface area contributed by atoms with Crippen molar-refractivity contribution in [2.75, 3.05) is 0 Å². The third-order valence-electron chi connectivity index (χ3n) is 1.14. The summed E-state index contributed by atoms with van der Waals surface area (Å²) >= 11 is 0. The molecule has 1 radical (unpaired) electrons. The van der Waals surface area contributed by atoms with Crippen molar-refractivity contribution in [3.8, 4) is 0 Å². The fraction of sp³-hybridized carbons (Fsp3) is 0. The van der Waals surface area contributed by atoms with Gasteiger partial charge in [-0.15, -0.1) is 10.5 Å². The Kier molecular flexibility index (Phi) is 1.00. The number of imidazole rings is 1. The quantitative estimate of drug-likeness (QED) is 0.555. The van der Waals surface area contributed by atoms with Crippen molar-refractivity contribution >= 4 is 5.82 Å². The van der Waals surface area contributed by atoms with Crippen LogP contribution in [0.1, 0.15) is 0 Å². The molecule has 0 unspecified atom stereocenters. The molecule has 0 bridgehead atoms. The molecule has 1 aromatic rings. The number of rotatable bonds is 1. The highest BCUT2D eigenvalue weighted by Crippen LogP contribution is 2.08. The lowest BCUT2D eigenvalue weighted by molar-refractivity contribution is 0.902. The van der Waals surface area contributed by atoms with Crippen molar-refractivity contribution in [3.05, 3.63) is 24.9 Å². The molecule has 5 heteroatoms. The lowest BCUT2D eigenvalue weighted by atomic mass is 10.7. The summed E-state index contributed by atoms with van der Waals surface area (Å²) in [5.41, 5.74) is 3.57. The van der Waals surface area contributed by atoms with Crippen molar-refractivity contribution in [3.63, 3.8) is 0 Å². The second-order valence-electron chi connectivity index (χ2n) is 1.76. The standard InChI is InChI=1S/C5H4N5/c1-2-10(4-6-1)5-3-7-9-8-5/h1-4H. The molecule has 0 aromatic carbocycles. The SMILES string of the molecule is C1=C(n2ccnc2)N=N[N]1. The van der Waals surface area contributed by atoms with Crippen molar-refractivity contribution in [1.29, 1.82) is 0 Å². The van der Waals surface area contributed by atoms with E-state index in [2.05, 4.69) is 20.7 Å². The van der Waals surface area contributed by atoms with Gasteiger partial charge in [0.05, 0.1) is 6.20 Å². The third kappa shape index (κ3) is 0.680. The monoisotopic (exact) mass is 134 g/mol. The number of hydrogen-bond acceptors (Lipinski definition) is 3. The second kappa shape index (κ2) is 1.94. The number of nitrogens with zero attached hydrogens (tertiary/aromatic N) is 5. The Bertz CT molecular complexity index is 270. The molecule has 5 nitrogen and oxygen atoms in total. The van der Waals surface area contributed by atoms with Crippen LogP contribution in [0.15, 0.2) is 35.3 Å². The minimum absolute atomic E-state index is 0.692. The maximum absolute atomic E-state index is 3.85. The van der Waals surface area contributed by atoms with Crippen LogP contribution in [-0.2, 0) is 0 Å². The fourth-order valence-electron chi connectivity index (χ4n) is 0.688. The van der Waals surface area contributed by atoms with E-state index in [0.29, 0.717) is 5.82 Å². The molecule has 0 N–H and O–H groups in total. The predicted octanol–water partition coefficient (Wildman–Crippen LogP) is 0.624. The first-order valence-corrected chi connectivity index (χ1v) is 2.76. The van der Waals surface area contributed by atoms with Crippen molar-refractivity contribution in [2.45, 2.75) is 0 Å². The van der Waals surface area contributed by atoms with Crippen molar-refractivity contribution < 1.29 is 0 Å². The van der Waals surface area contributed by atoms with Crippen LogP contribution in [0, 0.1) is 0 Å².